The number of aromatic nitrogens is 1. The molecule has 1 amide bonds. The highest BCUT2D eigenvalue weighted by Gasteiger charge is 2.20. The minimum absolute atomic E-state index is 0.425. The van der Waals surface area contributed by atoms with Crippen molar-refractivity contribution in [3.05, 3.63) is 41.0 Å². The average Bonchev–Trinajstić information content (AvgIpc) is 2.37. The van der Waals surface area contributed by atoms with E-state index < -0.39 is 11.9 Å². The molecule has 1 atom stereocenters. The van der Waals surface area contributed by atoms with E-state index in [2.05, 4.69) is 10.3 Å². The number of hydrogen-bond acceptors (Lipinski definition) is 3. The number of carbonyl (C=O) groups excluding carboxylic acids is 1. The number of fused-ring (bicyclic) bond motifs is 1. The van der Waals surface area contributed by atoms with Gasteiger partial charge in [-0.3, -0.25) is 9.78 Å². The number of hydrogen-bond donors (Lipinski definition) is 2. The van der Waals surface area contributed by atoms with Crippen LogP contribution in [0.5, 0.6) is 0 Å². The number of likely N-dealkylation sites (N-methyl/N-ethyl adjacent to an activating group) is 1. The number of nitrogens with zero attached hydrogens (tertiary/aromatic N) is 1. The van der Waals surface area contributed by atoms with Gasteiger partial charge in [-0.2, -0.15) is 0 Å². The fraction of sp³-hybridized carbons (Fsp3) is 0.231. The van der Waals surface area contributed by atoms with Crippen LogP contribution in [0.3, 0.4) is 0 Å². The molecule has 3 N–H and O–H groups in total. The minimum atomic E-state index is -0.551. The van der Waals surface area contributed by atoms with Gasteiger partial charge in [0.05, 0.1) is 5.52 Å². The van der Waals surface area contributed by atoms with Crippen molar-refractivity contribution in [1.29, 1.82) is 0 Å². The first kappa shape index (κ1) is 12.8. The van der Waals surface area contributed by atoms with Crippen molar-refractivity contribution >= 4 is 28.4 Å². The lowest BCUT2D eigenvalue weighted by Crippen LogP contribution is -2.33. The SMILES string of the molecule is CCNC(C(N)=O)c1ccc(Cl)c2cccnc12. The summed E-state index contributed by atoms with van der Waals surface area (Å²) >= 11 is 6.11. The highest BCUT2D eigenvalue weighted by molar-refractivity contribution is 6.35. The summed E-state index contributed by atoms with van der Waals surface area (Å²) in [6, 6.07) is 6.68. The van der Waals surface area contributed by atoms with Crippen molar-refractivity contribution in [3.63, 3.8) is 0 Å². The van der Waals surface area contributed by atoms with Gasteiger partial charge in [0.15, 0.2) is 0 Å². The van der Waals surface area contributed by atoms with Gasteiger partial charge in [0, 0.05) is 22.2 Å². The van der Waals surface area contributed by atoms with E-state index in [1.165, 1.54) is 0 Å². The molecule has 0 aliphatic rings. The highest BCUT2D eigenvalue weighted by Crippen LogP contribution is 2.28. The largest absolute Gasteiger partial charge is 0.368 e. The normalized spacial score (nSPS) is 12.6. The standard InChI is InChI=1S/C13H14ClN3O/c1-2-16-12(13(15)18)9-5-6-10(14)8-4-3-7-17-11(8)9/h3-7,12,16H,2H2,1H3,(H2,15,18). The molecule has 0 saturated carbocycles. The van der Waals surface area contributed by atoms with Gasteiger partial charge in [0.1, 0.15) is 6.04 Å². The maximum absolute atomic E-state index is 11.5. The zero-order chi connectivity index (χ0) is 13.1. The Morgan fingerprint density at radius 1 is 1.50 bits per heavy atom. The molecular formula is C13H14ClN3O. The van der Waals surface area contributed by atoms with Crippen LogP contribution < -0.4 is 11.1 Å². The molecule has 1 aromatic heterocycles. The van der Waals surface area contributed by atoms with Crippen molar-refractivity contribution in [2.45, 2.75) is 13.0 Å². The molecule has 1 heterocycles. The number of benzene rings is 1. The monoisotopic (exact) mass is 263 g/mol. The Kier molecular flexibility index (Phi) is 3.79. The Morgan fingerprint density at radius 2 is 2.28 bits per heavy atom. The van der Waals surface area contributed by atoms with Gasteiger partial charge in [-0.15, -0.1) is 0 Å². The molecule has 1 aromatic carbocycles. The van der Waals surface area contributed by atoms with Crippen LogP contribution in [0.25, 0.3) is 10.9 Å². The Labute approximate surface area is 110 Å². The quantitative estimate of drug-likeness (QED) is 0.887. The second-order valence-corrected chi connectivity index (χ2v) is 4.34. The molecule has 18 heavy (non-hydrogen) atoms. The van der Waals surface area contributed by atoms with Gasteiger partial charge in [-0.1, -0.05) is 24.6 Å². The van der Waals surface area contributed by atoms with E-state index in [0.717, 1.165) is 10.9 Å². The van der Waals surface area contributed by atoms with Crippen LogP contribution >= 0.6 is 11.6 Å². The summed E-state index contributed by atoms with van der Waals surface area (Å²) in [7, 11) is 0. The molecule has 94 valence electrons. The number of nitrogens with one attached hydrogen (secondary N) is 1. The molecule has 2 rings (SSSR count). The first-order valence-electron chi connectivity index (χ1n) is 5.71. The Hall–Kier alpha value is -1.65. The maximum Gasteiger partial charge on any atom is 0.239 e. The van der Waals surface area contributed by atoms with Crippen molar-refractivity contribution < 1.29 is 4.79 Å². The zero-order valence-electron chi connectivity index (χ0n) is 9.98. The second kappa shape index (κ2) is 5.33. The van der Waals surface area contributed by atoms with Crippen LogP contribution in [0.1, 0.15) is 18.5 Å². The smallest absolute Gasteiger partial charge is 0.239 e. The summed E-state index contributed by atoms with van der Waals surface area (Å²) in [5.74, 6) is -0.425. The van der Waals surface area contributed by atoms with Crippen molar-refractivity contribution in [2.24, 2.45) is 5.73 Å². The molecule has 0 aliphatic heterocycles. The summed E-state index contributed by atoms with van der Waals surface area (Å²) in [6.07, 6.45) is 1.67. The third-order valence-electron chi connectivity index (χ3n) is 2.75. The Balaban J connectivity index is 2.63. The third-order valence-corrected chi connectivity index (χ3v) is 3.08. The van der Waals surface area contributed by atoms with Crippen LogP contribution in [0, 0.1) is 0 Å². The zero-order valence-corrected chi connectivity index (χ0v) is 10.7. The van der Waals surface area contributed by atoms with Crippen molar-refractivity contribution in [1.82, 2.24) is 10.3 Å². The molecule has 1 unspecified atom stereocenters. The Morgan fingerprint density at radius 3 is 2.94 bits per heavy atom. The first-order chi connectivity index (χ1) is 8.65. The van der Waals surface area contributed by atoms with Crippen LogP contribution in [-0.4, -0.2) is 17.4 Å². The van der Waals surface area contributed by atoms with Gasteiger partial charge < -0.3 is 11.1 Å². The van der Waals surface area contributed by atoms with E-state index in [-0.39, 0.29) is 0 Å². The summed E-state index contributed by atoms with van der Waals surface area (Å²) in [4.78, 5) is 15.8. The van der Waals surface area contributed by atoms with Crippen molar-refractivity contribution in [2.75, 3.05) is 6.54 Å². The predicted octanol–water partition coefficient (Wildman–Crippen LogP) is 2.02. The van der Waals surface area contributed by atoms with E-state index in [9.17, 15) is 4.79 Å². The number of nitrogens with two attached hydrogens (primary N) is 1. The number of pyridine rings is 1. The summed E-state index contributed by atoms with van der Waals surface area (Å²) in [5, 5.41) is 4.49. The van der Waals surface area contributed by atoms with E-state index in [1.807, 2.05) is 19.1 Å². The lowest BCUT2D eigenvalue weighted by Gasteiger charge is -2.16. The lowest BCUT2D eigenvalue weighted by molar-refractivity contribution is -0.120. The maximum atomic E-state index is 11.5. The molecule has 0 radical (unpaired) electrons. The fourth-order valence-electron chi connectivity index (χ4n) is 1.96. The van der Waals surface area contributed by atoms with E-state index in [1.54, 1.807) is 18.3 Å². The van der Waals surface area contributed by atoms with Crippen molar-refractivity contribution in [3.8, 4) is 0 Å². The molecule has 0 aliphatic carbocycles. The topological polar surface area (TPSA) is 68.0 Å². The average molecular weight is 264 g/mol. The molecule has 0 spiro atoms. The predicted molar refractivity (Wildman–Crippen MR) is 72.4 cm³/mol. The van der Waals surface area contributed by atoms with E-state index in [4.69, 9.17) is 17.3 Å². The number of amides is 1. The molecule has 5 heteroatoms. The summed E-state index contributed by atoms with van der Waals surface area (Å²) < 4.78 is 0. The van der Waals surface area contributed by atoms with Gasteiger partial charge in [-0.05, 0) is 24.7 Å². The van der Waals surface area contributed by atoms with Crippen LogP contribution in [0.15, 0.2) is 30.5 Å². The molecular weight excluding hydrogens is 250 g/mol. The number of halogens is 1. The number of primary amides is 1. The van der Waals surface area contributed by atoms with Gasteiger partial charge >= 0.3 is 0 Å². The van der Waals surface area contributed by atoms with Crippen LogP contribution in [0.2, 0.25) is 5.02 Å². The fourth-order valence-corrected chi connectivity index (χ4v) is 2.18. The highest BCUT2D eigenvalue weighted by atomic mass is 35.5. The first-order valence-corrected chi connectivity index (χ1v) is 6.08. The number of rotatable bonds is 4. The minimum Gasteiger partial charge on any atom is -0.368 e. The molecule has 4 nitrogen and oxygen atoms in total. The molecule has 2 aromatic rings. The summed E-state index contributed by atoms with van der Waals surface area (Å²) in [6.45, 7) is 2.56. The molecule has 0 bridgehead atoms. The molecule has 0 fully saturated rings. The third kappa shape index (κ3) is 2.30. The Bertz CT molecular complexity index is 585. The summed E-state index contributed by atoms with van der Waals surface area (Å²) in [5.41, 5.74) is 6.88. The van der Waals surface area contributed by atoms with Crippen LogP contribution in [0.4, 0.5) is 0 Å². The van der Waals surface area contributed by atoms with E-state index in [0.29, 0.717) is 17.1 Å². The number of carbonyl (C=O) groups is 1. The van der Waals surface area contributed by atoms with Gasteiger partial charge in [0.25, 0.3) is 0 Å². The van der Waals surface area contributed by atoms with Crippen LogP contribution in [-0.2, 0) is 4.79 Å². The van der Waals surface area contributed by atoms with E-state index >= 15 is 0 Å². The molecule has 0 saturated heterocycles. The van der Waals surface area contributed by atoms with Gasteiger partial charge in [-0.25, -0.2) is 0 Å². The lowest BCUT2D eigenvalue weighted by atomic mass is 10.0. The second-order valence-electron chi connectivity index (χ2n) is 3.93. The van der Waals surface area contributed by atoms with Gasteiger partial charge in [0.2, 0.25) is 5.91 Å².